The van der Waals surface area contributed by atoms with Gasteiger partial charge >= 0.3 is 11.4 Å². The van der Waals surface area contributed by atoms with Crippen LogP contribution in [0.4, 0.5) is 17.1 Å². The quantitative estimate of drug-likeness (QED) is 0.0155. The van der Waals surface area contributed by atoms with E-state index >= 15 is 0 Å². The first kappa shape index (κ1) is 40.9. The number of phenols is 1. The number of azo groups is 1. The van der Waals surface area contributed by atoms with E-state index in [1.54, 1.807) is 6.92 Å². The van der Waals surface area contributed by atoms with Crippen molar-refractivity contribution in [1.29, 1.82) is 0 Å². The van der Waals surface area contributed by atoms with Gasteiger partial charge in [-0.2, -0.15) is 25.4 Å². The van der Waals surface area contributed by atoms with Crippen LogP contribution in [-0.2, 0) is 61.3 Å². The summed E-state index contributed by atoms with van der Waals surface area (Å²) in [6, 6.07) is 6.15. The van der Waals surface area contributed by atoms with Gasteiger partial charge in [0.05, 0.1) is 30.1 Å². The molecule has 0 bridgehead atoms. The molecule has 272 valence electrons. The third-order valence-electron chi connectivity index (χ3n) is 5.38. The highest BCUT2D eigenvalue weighted by molar-refractivity contribution is 7.94. The number of benzene rings is 3. The van der Waals surface area contributed by atoms with Crippen molar-refractivity contribution >= 4 is 94.2 Å². The number of phenolic OH excluding ortho intramolecular Hbond substituents is 1. The van der Waals surface area contributed by atoms with Crippen molar-refractivity contribution in [2.75, 3.05) is 18.1 Å². The van der Waals surface area contributed by atoms with Crippen LogP contribution in [0.3, 0.4) is 0 Å². The van der Waals surface area contributed by atoms with E-state index in [-0.39, 0.29) is 27.9 Å². The average molecular weight is 821 g/mol. The Hall–Kier alpha value is -3.55. The number of anilines is 1. The Labute approximate surface area is 295 Å². The lowest BCUT2D eigenvalue weighted by atomic mass is 10.1. The molecule has 50 heavy (non-hydrogen) atoms. The second kappa shape index (κ2) is 18.1. The Kier molecular flexibility index (Phi) is 14.8. The molecule has 0 aliphatic rings. The lowest BCUT2D eigenvalue weighted by molar-refractivity contribution is -0.435. The monoisotopic (exact) mass is 820 g/mol. The Morgan fingerprint density at radius 1 is 1.02 bits per heavy atom. The van der Waals surface area contributed by atoms with Crippen molar-refractivity contribution in [3.63, 3.8) is 0 Å². The van der Waals surface area contributed by atoms with Crippen molar-refractivity contribution in [3.05, 3.63) is 53.8 Å². The molecule has 0 saturated carbocycles. The summed E-state index contributed by atoms with van der Waals surface area (Å²) in [5, 5.41) is 28.9. The van der Waals surface area contributed by atoms with E-state index in [2.05, 4.69) is 38.7 Å². The van der Waals surface area contributed by atoms with Gasteiger partial charge in [0, 0.05) is 15.7 Å². The van der Waals surface area contributed by atoms with Gasteiger partial charge in [0.1, 0.15) is 27.6 Å². The van der Waals surface area contributed by atoms with E-state index in [1.807, 2.05) is 0 Å². The SMILES string of the molecule is Cc1ncnc(Cl)n1.Nc1ccc2c(O)c(N=Nc3ccc(SOOCCS(=O)OOO)cc3S(=O)(=O)O)c(OS(=O)O)cc2c1S(=O)(=O)O. The molecule has 28 heteroatoms. The molecule has 0 aliphatic carbocycles. The maximum atomic E-state index is 12.0. The van der Waals surface area contributed by atoms with Crippen molar-refractivity contribution in [1.82, 2.24) is 15.0 Å². The van der Waals surface area contributed by atoms with Gasteiger partial charge in [0.2, 0.25) is 5.28 Å². The number of hydrogen-bond acceptors (Lipinski definition) is 20. The minimum Gasteiger partial charge on any atom is -0.505 e. The first-order chi connectivity index (χ1) is 23.4. The standard InChI is InChI=1S/C18H17N3O16S5.C4H4ClN3/c19-12-3-2-10-11(18(12)42(30,31)32)8-14(34-40(25)26)16(17(10)22)21-20-13-4-1-9(7-15(13)41(27,28)29)38-36-33-5-6-39(24)37-35-23;1-3-6-2-7-4(5)8-3/h1-4,7-8,22-23H,5-6,19H2,(H,25,26)(H,27,28,29)(H,30,31,32);2H,1H3. The highest BCUT2D eigenvalue weighted by Crippen LogP contribution is 2.46. The lowest BCUT2D eigenvalue weighted by Crippen LogP contribution is -2.07. The molecule has 2 atom stereocenters. The third-order valence-corrected chi connectivity index (χ3v) is 9.06. The number of aryl methyl sites for hydroxylation is 1. The zero-order chi connectivity index (χ0) is 37.2. The zero-order valence-corrected chi connectivity index (χ0v) is 29.3. The molecule has 0 amide bonds. The minimum absolute atomic E-state index is 0.0428. The van der Waals surface area contributed by atoms with Gasteiger partial charge in [-0.1, -0.05) is 5.04 Å². The van der Waals surface area contributed by atoms with E-state index in [0.717, 1.165) is 30.3 Å². The van der Waals surface area contributed by atoms with Gasteiger partial charge < -0.3 is 15.0 Å². The second-order valence-electron chi connectivity index (χ2n) is 8.66. The first-order valence-electron chi connectivity index (χ1n) is 12.4. The first-order valence-corrected chi connectivity index (χ1v) is 18.7. The molecule has 1 aromatic heterocycles. The van der Waals surface area contributed by atoms with E-state index in [4.69, 9.17) is 31.8 Å². The largest absolute Gasteiger partial charge is 0.505 e. The van der Waals surface area contributed by atoms with Gasteiger partial charge in [-0.05, 0) is 54.9 Å². The summed E-state index contributed by atoms with van der Waals surface area (Å²) in [5.41, 5.74) is 4.02. The Morgan fingerprint density at radius 3 is 2.32 bits per heavy atom. The van der Waals surface area contributed by atoms with Crippen LogP contribution in [0.5, 0.6) is 11.5 Å². The molecular weight excluding hydrogens is 800 g/mol. The minimum atomic E-state index is -4.97. The smallest absolute Gasteiger partial charge is 0.357 e. The molecular formula is C22H21ClN6O16S5. The summed E-state index contributed by atoms with van der Waals surface area (Å²) < 4.78 is 112. The third kappa shape index (κ3) is 11.8. The number of nitrogen functional groups attached to an aromatic ring is 1. The molecule has 4 rings (SSSR count). The molecule has 7 N–H and O–H groups in total. The van der Waals surface area contributed by atoms with Crippen molar-refractivity contribution in [2.45, 2.75) is 21.6 Å². The lowest BCUT2D eigenvalue weighted by Gasteiger charge is -2.13. The van der Waals surface area contributed by atoms with Crippen LogP contribution in [0.15, 0.2) is 67.6 Å². The number of nitrogens with two attached hydrogens (primary N) is 1. The van der Waals surface area contributed by atoms with Crippen LogP contribution in [-0.4, -0.2) is 76.6 Å². The predicted octanol–water partition coefficient (Wildman–Crippen LogP) is 3.43. The van der Waals surface area contributed by atoms with E-state index in [1.165, 1.54) is 12.4 Å². The number of halogens is 1. The number of hydrogen-bond donors (Lipinski definition) is 6. The molecule has 0 aliphatic heterocycles. The van der Waals surface area contributed by atoms with Gasteiger partial charge in [0.25, 0.3) is 20.2 Å². The maximum absolute atomic E-state index is 12.0. The highest BCUT2D eigenvalue weighted by Gasteiger charge is 2.25. The molecule has 2 unspecified atom stereocenters. The summed E-state index contributed by atoms with van der Waals surface area (Å²) >= 11 is 0.747. The molecule has 4 aromatic rings. The molecule has 1 heterocycles. The van der Waals surface area contributed by atoms with E-state index in [0.29, 0.717) is 17.9 Å². The normalized spacial score (nSPS) is 13.2. The van der Waals surface area contributed by atoms with Crippen molar-refractivity contribution < 1.29 is 72.1 Å². The maximum Gasteiger partial charge on any atom is 0.357 e. The van der Waals surface area contributed by atoms with Crippen LogP contribution < -0.4 is 9.92 Å². The zero-order valence-electron chi connectivity index (χ0n) is 24.4. The molecule has 22 nitrogen and oxygen atoms in total. The molecule has 0 spiro atoms. The molecule has 0 fully saturated rings. The topological polar surface area (TPSA) is 339 Å². The fourth-order valence-corrected chi connectivity index (χ4v) is 6.30. The Balaban J connectivity index is 0.000000740. The van der Waals surface area contributed by atoms with Gasteiger partial charge in [-0.25, -0.2) is 29.3 Å². The van der Waals surface area contributed by atoms with Crippen molar-refractivity contribution in [3.8, 4) is 11.5 Å². The molecule has 0 radical (unpaired) electrons. The van der Waals surface area contributed by atoms with Crippen LogP contribution in [0.25, 0.3) is 10.8 Å². The second-order valence-corrected chi connectivity index (χ2v) is 14.3. The fraction of sp³-hybridized carbons (Fsp3) is 0.136. The summed E-state index contributed by atoms with van der Waals surface area (Å²) in [4.78, 5) is 14.1. The highest BCUT2D eigenvalue weighted by atomic mass is 35.5. The summed E-state index contributed by atoms with van der Waals surface area (Å²) in [6.07, 6.45) is 1.38. The van der Waals surface area contributed by atoms with Crippen LogP contribution in [0.1, 0.15) is 5.82 Å². The summed E-state index contributed by atoms with van der Waals surface area (Å²) in [6.45, 7) is 1.45. The number of aromatic hydroxyl groups is 1. The number of fused-ring (bicyclic) bond motifs is 1. The van der Waals surface area contributed by atoms with Gasteiger partial charge in [-0.15, -0.1) is 14.6 Å². The molecule has 3 aromatic carbocycles. The van der Waals surface area contributed by atoms with Gasteiger partial charge in [0.15, 0.2) is 28.3 Å². The number of rotatable bonds is 14. The number of aromatic nitrogens is 3. The average Bonchev–Trinajstić information content (AvgIpc) is 3.00. The van der Waals surface area contributed by atoms with Crippen LogP contribution in [0.2, 0.25) is 5.28 Å². The number of nitrogens with zero attached hydrogens (tertiary/aromatic N) is 5. The summed E-state index contributed by atoms with van der Waals surface area (Å²) in [5.74, 6) is -1.24. The van der Waals surface area contributed by atoms with Crippen molar-refractivity contribution in [2.24, 2.45) is 10.2 Å². The Bertz CT molecular complexity index is 2140. The van der Waals surface area contributed by atoms with E-state index in [9.17, 15) is 44.0 Å². The summed E-state index contributed by atoms with van der Waals surface area (Å²) in [7, 11) is -9.93. The van der Waals surface area contributed by atoms with E-state index < -0.39 is 86.4 Å². The molecule has 0 saturated heterocycles. The van der Waals surface area contributed by atoms with Gasteiger partial charge in [-0.3, -0.25) is 13.7 Å². The van der Waals surface area contributed by atoms with Crippen LogP contribution in [0, 0.1) is 6.92 Å². The van der Waals surface area contributed by atoms with Crippen LogP contribution >= 0.6 is 23.6 Å². The Morgan fingerprint density at radius 2 is 1.74 bits per heavy atom. The predicted molar refractivity (Wildman–Crippen MR) is 172 cm³/mol. The fourth-order valence-electron chi connectivity index (χ4n) is 3.49.